The highest BCUT2D eigenvalue weighted by atomic mass is 32.1. The highest BCUT2D eigenvalue weighted by Crippen LogP contribution is 2.24. The van der Waals surface area contributed by atoms with Crippen LogP contribution in [0.15, 0.2) is 29.6 Å². The number of hydrogen-bond acceptors (Lipinski definition) is 4. The first kappa shape index (κ1) is 18.1. The van der Waals surface area contributed by atoms with Crippen molar-refractivity contribution in [1.82, 2.24) is 10.3 Å². The molecule has 0 saturated heterocycles. The smallest absolute Gasteiger partial charge is 0.246 e. The van der Waals surface area contributed by atoms with Gasteiger partial charge < -0.3 is 10.1 Å². The summed E-state index contributed by atoms with van der Waals surface area (Å²) in [7, 11) is 0. The van der Waals surface area contributed by atoms with Crippen molar-refractivity contribution in [2.24, 2.45) is 0 Å². The summed E-state index contributed by atoms with van der Waals surface area (Å²) in [6, 6.07) is 8.40. The number of benzene rings is 1. The Hall–Kier alpha value is -1.72. The van der Waals surface area contributed by atoms with E-state index >= 15 is 0 Å². The monoisotopic (exact) mass is 358 g/mol. The molecule has 0 bridgehead atoms. The number of ether oxygens (including phenoxy) is 1. The molecule has 134 valence electrons. The first-order valence-electron chi connectivity index (χ1n) is 9.10. The van der Waals surface area contributed by atoms with E-state index in [0.29, 0.717) is 6.54 Å². The number of rotatable bonds is 7. The SMILES string of the molecule is Cc1ccc(-c2nc(CCNC(=O)COC3CCCCC3)cs2)cc1. The van der Waals surface area contributed by atoms with E-state index in [9.17, 15) is 4.79 Å². The van der Waals surface area contributed by atoms with Crippen LogP contribution in [0.2, 0.25) is 0 Å². The van der Waals surface area contributed by atoms with Crippen molar-refractivity contribution in [3.05, 3.63) is 40.9 Å². The first-order valence-corrected chi connectivity index (χ1v) is 9.98. The Balaban J connectivity index is 1.38. The lowest BCUT2D eigenvalue weighted by atomic mass is 9.98. The van der Waals surface area contributed by atoms with Gasteiger partial charge in [0, 0.05) is 23.9 Å². The Bertz CT molecular complexity index is 675. The molecule has 0 aliphatic heterocycles. The van der Waals surface area contributed by atoms with E-state index in [4.69, 9.17) is 4.74 Å². The normalized spacial score (nSPS) is 15.2. The van der Waals surface area contributed by atoms with E-state index in [2.05, 4.69) is 46.9 Å². The van der Waals surface area contributed by atoms with Gasteiger partial charge in [-0.25, -0.2) is 4.98 Å². The van der Waals surface area contributed by atoms with Crippen LogP contribution in [-0.2, 0) is 16.0 Å². The van der Waals surface area contributed by atoms with E-state index < -0.39 is 0 Å². The Labute approximate surface area is 153 Å². The molecule has 25 heavy (non-hydrogen) atoms. The summed E-state index contributed by atoms with van der Waals surface area (Å²) in [6.45, 7) is 2.86. The predicted molar refractivity (Wildman–Crippen MR) is 102 cm³/mol. The standard InChI is InChI=1S/C20H26N2O2S/c1-15-7-9-16(10-8-15)20-22-17(14-25-20)11-12-21-19(23)13-24-18-5-3-2-4-6-18/h7-10,14,18H,2-6,11-13H2,1H3,(H,21,23). The van der Waals surface area contributed by atoms with Crippen molar-refractivity contribution in [1.29, 1.82) is 0 Å². The van der Waals surface area contributed by atoms with Gasteiger partial charge in [0.1, 0.15) is 11.6 Å². The van der Waals surface area contributed by atoms with Crippen molar-refractivity contribution in [2.75, 3.05) is 13.2 Å². The fourth-order valence-electron chi connectivity index (χ4n) is 3.06. The molecule has 1 heterocycles. The quantitative estimate of drug-likeness (QED) is 0.810. The third kappa shape index (κ3) is 5.65. The van der Waals surface area contributed by atoms with Crippen molar-refractivity contribution >= 4 is 17.2 Å². The summed E-state index contributed by atoms with van der Waals surface area (Å²) in [5.74, 6) is -0.0282. The Morgan fingerprint density at radius 2 is 2.00 bits per heavy atom. The van der Waals surface area contributed by atoms with Gasteiger partial charge in [0.15, 0.2) is 0 Å². The summed E-state index contributed by atoms with van der Waals surface area (Å²) >= 11 is 1.65. The van der Waals surface area contributed by atoms with Gasteiger partial charge in [0.2, 0.25) is 5.91 Å². The van der Waals surface area contributed by atoms with Gasteiger partial charge in [-0.15, -0.1) is 11.3 Å². The van der Waals surface area contributed by atoms with Gasteiger partial charge in [-0.3, -0.25) is 4.79 Å². The Morgan fingerprint density at radius 1 is 1.24 bits per heavy atom. The molecule has 3 rings (SSSR count). The molecule has 1 fully saturated rings. The molecule has 1 amide bonds. The largest absolute Gasteiger partial charge is 0.368 e. The maximum absolute atomic E-state index is 11.9. The van der Waals surface area contributed by atoms with Gasteiger partial charge in [0.05, 0.1) is 11.8 Å². The second-order valence-electron chi connectivity index (χ2n) is 6.68. The van der Waals surface area contributed by atoms with Crippen LogP contribution in [-0.4, -0.2) is 30.1 Å². The summed E-state index contributed by atoms with van der Waals surface area (Å²) in [6.07, 6.45) is 6.94. The fourth-order valence-corrected chi connectivity index (χ4v) is 3.92. The lowest BCUT2D eigenvalue weighted by Gasteiger charge is -2.21. The molecule has 0 radical (unpaired) electrons. The minimum Gasteiger partial charge on any atom is -0.368 e. The van der Waals surface area contributed by atoms with Gasteiger partial charge in [-0.05, 0) is 19.8 Å². The average molecular weight is 359 g/mol. The highest BCUT2D eigenvalue weighted by Gasteiger charge is 2.15. The minimum atomic E-state index is -0.0282. The van der Waals surface area contributed by atoms with Gasteiger partial charge in [0.25, 0.3) is 0 Å². The summed E-state index contributed by atoms with van der Waals surface area (Å²) < 4.78 is 5.69. The third-order valence-electron chi connectivity index (χ3n) is 4.56. The van der Waals surface area contributed by atoms with Crippen LogP contribution in [0, 0.1) is 6.92 Å². The molecule has 1 N–H and O–H groups in total. The number of carbonyl (C=O) groups is 1. The van der Waals surface area contributed by atoms with Crippen LogP contribution < -0.4 is 5.32 Å². The summed E-state index contributed by atoms with van der Waals surface area (Å²) in [5, 5.41) is 6.03. The topological polar surface area (TPSA) is 51.2 Å². The molecule has 1 aromatic carbocycles. The number of carbonyl (C=O) groups excluding carboxylic acids is 1. The third-order valence-corrected chi connectivity index (χ3v) is 5.50. The lowest BCUT2D eigenvalue weighted by Crippen LogP contribution is -2.31. The van der Waals surface area contributed by atoms with Gasteiger partial charge in [-0.2, -0.15) is 0 Å². The average Bonchev–Trinajstić information content (AvgIpc) is 3.10. The molecular weight excluding hydrogens is 332 g/mol. The number of thiazole rings is 1. The van der Waals surface area contributed by atoms with Crippen molar-refractivity contribution in [3.8, 4) is 10.6 Å². The molecule has 1 saturated carbocycles. The van der Waals surface area contributed by atoms with Gasteiger partial charge in [-0.1, -0.05) is 49.1 Å². The van der Waals surface area contributed by atoms with Crippen molar-refractivity contribution < 1.29 is 9.53 Å². The zero-order valence-corrected chi connectivity index (χ0v) is 15.6. The maximum Gasteiger partial charge on any atom is 0.246 e. The number of nitrogens with one attached hydrogen (secondary N) is 1. The van der Waals surface area contributed by atoms with Crippen LogP contribution in [0.4, 0.5) is 0 Å². The molecule has 5 heteroatoms. The molecule has 1 aliphatic rings. The maximum atomic E-state index is 11.9. The molecular formula is C20H26N2O2S. The molecule has 0 atom stereocenters. The second kappa shape index (κ2) is 9.11. The molecule has 1 aliphatic carbocycles. The lowest BCUT2D eigenvalue weighted by molar-refractivity contribution is -0.128. The molecule has 4 nitrogen and oxygen atoms in total. The zero-order valence-electron chi connectivity index (χ0n) is 14.8. The molecule has 0 unspecified atom stereocenters. The van der Waals surface area contributed by atoms with Crippen LogP contribution in [0.5, 0.6) is 0 Å². The molecule has 0 spiro atoms. The second-order valence-corrected chi connectivity index (χ2v) is 7.54. The number of aryl methyl sites for hydroxylation is 1. The summed E-state index contributed by atoms with van der Waals surface area (Å²) in [5.41, 5.74) is 3.42. The number of nitrogens with zero attached hydrogens (tertiary/aromatic N) is 1. The zero-order chi connectivity index (χ0) is 17.5. The van der Waals surface area contributed by atoms with Crippen molar-refractivity contribution in [2.45, 2.75) is 51.6 Å². The van der Waals surface area contributed by atoms with E-state index in [1.807, 2.05) is 0 Å². The van der Waals surface area contributed by atoms with Crippen LogP contribution in [0.3, 0.4) is 0 Å². The van der Waals surface area contributed by atoms with Crippen LogP contribution in [0.25, 0.3) is 10.6 Å². The Kier molecular flexibility index (Phi) is 6.59. The Morgan fingerprint density at radius 3 is 2.76 bits per heavy atom. The molecule has 2 aromatic rings. The first-order chi connectivity index (χ1) is 12.2. The van der Waals surface area contributed by atoms with Crippen LogP contribution in [0.1, 0.15) is 43.4 Å². The molecule has 1 aromatic heterocycles. The van der Waals surface area contributed by atoms with E-state index in [0.717, 1.165) is 35.5 Å². The van der Waals surface area contributed by atoms with Crippen molar-refractivity contribution in [3.63, 3.8) is 0 Å². The van der Waals surface area contributed by atoms with E-state index in [1.165, 1.54) is 24.8 Å². The minimum absolute atomic E-state index is 0.0282. The number of hydrogen-bond donors (Lipinski definition) is 1. The van der Waals surface area contributed by atoms with E-state index in [1.54, 1.807) is 11.3 Å². The predicted octanol–water partition coefficient (Wildman–Crippen LogP) is 4.13. The number of aromatic nitrogens is 1. The van der Waals surface area contributed by atoms with Gasteiger partial charge >= 0.3 is 0 Å². The highest BCUT2D eigenvalue weighted by molar-refractivity contribution is 7.13. The fraction of sp³-hybridized carbons (Fsp3) is 0.500. The van der Waals surface area contributed by atoms with Crippen LogP contribution >= 0.6 is 11.3 Å². The number of amides is 1. The van der Waals surface area contributed by atoms with E-state index in [-0.39, 0.29) is 18.6 Å². The summed E-state index contributed by atoms with van der Waals surface area (Å²) in [4.78, 5) is 16.5.